The minimum atomic E-state index is -1.23. The van der Waals surface area contributed by atoms with Crippen molar-refractivity contribution in [2.24, 2.45) is 0 Å². The lowest BCUT2D eigenvalue weighted by Crippen LogP contribution is -1.98. The summed E-state index contributed by atoms with van der Waals surface area (Å²) in [5.41, 5.74) is 0. The van der Waals surface area contributed by atoms with Crippen molar-refractivity contribution in [3.8, 4) is 0 Å². The van der Waals surface area contributed by atoms with E-state index in [0.717, 1.165) is 6.42 Å². The van der Waals surface area contributed by atoms with Crippen molar-refractivity contribution in [2.75, 3.05) is 0 Å². The van der Waals surface area contributed by atoms with Crippen molar-refractivity contribution >= 4 is 6.29 Å². The Bertz CT molecular complexity index is 54.0. The molecule has 0 aliphatic rings. The summed E-state index contributed by atoms with van der Waals surface area (Å²) in [5, 5.41) is 0. The average Bonchev–Trinajstić information content (AvgIpc) is 1.68. The molecule has 2 heteroatoms. The van der Waals surface area contributed by atoms with Crippen LogP contribution in [0.1, 0.15) is 19.8 Å². The molecule has 0 rings (SSSR count). The highest BCUT2D eigenvalue weighted by atomic mass is 19.1. The predicted molar refractivity (Wildman–Crippen MR) is 25.9 cm³/mol. The maximum absolute atomic E-state index is 11.8. The molecule has 0 aliphatic heterocycles. The minimum absolute atomic E-state index is 0.337. The Balaban J connectivity index is 2.98. The van der Waals surface area contributed by atoms with Crippen LogP contribution in [0.4, 0.5) is 4.39 Å². The van der Waals surface area contributed by atoms with Gasteiger partial charge in [-0.15, -0.1) is 0 Å². The number of rotatable bonds is 3. The minimum Gasteiger partial charge on any atom is -0.300 e. The van der Waals surface area contributed by atoms with Gasteiger partial charge in [0, 0.05) is 0 Å². The lowest BCUT2D eigenvalue weighted by Gasteiger charge is -1.90. The first kappa shape index (κ1) is 6.60. The normalized spacial score (nSPS) is 13.4. The molecule has 7 heavy (non-hydrogen) atoms. The van der Waals surface area contributed by atoms with Gasteiger partial charge in [0.25, 0.3) is 0 Å². The molecule has 0 saturated heterocycles. The lowest BCUT2D eigenvalue weighted by molar-refractivity contribution is -0.112. The summed E-state index contributed by atoms with van der Waals surface area (Å²) in [6, 6.07) is 0. The zero-order valence-corrected chi connectivity index (χ0v) is 4.36. The zero-order valence-electron chi connectivity index (χ0n) is 4.36. The first-order chi connectivity index (χ1) is 3.31. The van der Waals surface area contributed by atoms with E-state index in [9.17, 15) is 9.18 Å². The van der Waals surface area contributed by atoms with Crippen LogP contribution in [0, 0.1) is 0 Å². The van der Waals surface area contributed by atoms with Gasteiger partial charge < -0.3 is 4.79 Å². The van der Waals surface area contributed by atoms with E-state index in [0.29, 0.717) is 12.7 Å². The van der Waals surface area contributed by atoms with Gasteiger partial charge >= 0.3 is 0 Å². The number of carbonyl (C=O) groups is 1. The Hall–Kier alpha value is -0.400. The summed E-state index contributed by atoms with van der Waals surface area (Å²) in [7, 11) is 0. The smallest absolute Gasteiger partial charge is 0.155 e. The lowest BCUT2D eigenvalue weighted by atomic mass is 10.2. The van der Waals surface area contributed by atoms with Crippen molar-refractivity contribution in [2.45, 2.75) is 25.9 Å². The van der Waals surface area contributed by atoms with Crippen LogP contribution >= 0.6 is 0 Å². The number of aldehydes is 1. The van der Waals surface area contributed by atoms with Gasteiger partial charge in [0.1, 0.15) is 0 Å². The summed E-state index contributed by atoms with van der Waals surface area (Å²) in [6.45, 7) is 1.84. The molecule has 0 aromatic carbocycles. The molecule has 0 bridgehead atoms. The van der Waals surface area contributed by atoms with Crippen molar-refractivity contribution in [3.05, 3.63) is 0 Å². The number of hydrogen-bond acceptors (Lipinski definition) is 1. The number of hydrogen-bond donors (Lipinski definition) is 0. The average molecular weight is 104 g/mol. The second-order valence-electron chi connectivity index (χ2n) is 1.44. The van der Waals surface area contributed by atoms with E-state index in [1.54, 1.807) is 0 Å². The van der Waals surface area contributed by atoms with Gasteiger partial charge in [-0.3, -0.25) is 0 Å². The van der Waals surface area contributed by atoms with Crippen LogP contribution in [0.2, 0.25) is 0 Å². The third-order valence-corrected chi connectivity index (χ3v) is 0.712. The van der Waals surface area contributed by atoms with Crippen molar-refractivity contribution in [1.29, 1.82) is 0 Å². The molecule has 0 saturated carbocycles. The number of carbonyl (C=O) groups excluding carboxylic acids is 1. The van der Waals surface area contributed by atoms with Crippen LogP contribution < -0.4 is 0 Å². The van der Waals surface area contributed by atoms with E-state index in [2.05, 4.69) is 0 Å². The highest BCUT2D eigenvalue weighted by Crippen LogP contribution is 1.95. The van der Waals surface area contributed by atoms with E-state index in [1.807, 2.05) is 6.92 Å². The van der Waals surface area contributed by atoms with Crippen LogP contribution in [-0.2, 0) is 4.79 Å². The van der Waals surface area contributed by atoms with E-state index in [4.69, 9.17) is 0 Å². The standard InChI is InChI=1S/C5H9FO/c1-2-3-5(6)4-7/h4-5H,2-3H2,1H3. The van der Waals surface area contributed by atoms with Crippen LogP contribution in [0.25, 0.3) is 0 Å². The number of halogens is 1. The molecule has 0 N–H and O–H groups in total. The Kier molecular flexibility index (Phi) is 3.56. The largest absolute Gasteiger partial charge is 0.300 e. The molecule has 42 valence electrons. The van der Waals surface area contributed by atoms with Crippen molar-refractivity contribution < 1.29 is 9.18 Å². The van der Waals surface area contributed by atoms with Gasteiger partial charge in [-0.2, -0.15) is 0 Å². The molecule has 0 spiro atoms. The van der Waals surface area contributed by atoms with E-state index >= 15 is 0 Å². The SMILES string of the molecule is CCCC(F)C=O. The second kappa shape index (κ2) is 3.78. The number of alkyl halides is 1. The van der Waals surface area contributed by atoms with Crippen LogP contribution in [-0.4, -0.2) is 12.5 Å². The Morgan fingerprint density at radius 3 is 2.57 bits per heavy atom. The summed E-state index contributed by atoms with van der Waals surface area (Å²) in [6.07, 6.45) is 0.206. The fourth-order valence-electron chi connectivity index (χ4n) is 0.344. The molecule has 0 aliphatic carbocycles. The van der Waals surface area contributed by atoms with Gasteiger partial charge in [-0.1, -0.05) is 13.3 Å². The Labute approximate surface area is 42.5 Å². The Morgan fingerprint density at radius 1 is 1.86 bits per heavy atom. The van der Waals surface area contributed by atoms with Crippen LogP contribution in [0.3, 0.4) is 0 Å². The molecular formula is C5H9FO. The molecular weight excluding hydrogens is 95.1 g/mol. The summed E-state index contributed by atoms with van der Waals surface area (Å²) < 4.78 is 11.8. The maximum atomic E-state index is 11.8. The molecule has 0 amide bonds. The monoisotopic (exact) mass is 104 g/mol. The fourth-order valence-corrected chi connectivity index (χ4v) is 0.344. The fraction of sp³-hybridized carbons (Fsp3) is 0.800. The quantitative estimate of drug-likeness (QED) is 0.493. The highest BCUT2D eigenvalue weighted by molar-refractivity contribution is 5.55. The van der Waals surface area contributed by atoms with E-state index in [1.165, 1.54) is 0 Å². The van der Waals surface area contributed by atoms with E-state index < -0.39 is 6.17 Å². The van der Waals surface area contributed by atoms with Gasteiger partial charge in [0.2, 0.25) is 0 Å². The first-order valence-corrected chi connectivity index (χ1v) is 2.40. The molecule has 0 aromatic heterocycles. The topological polar surface area (TPSA) is 17.1 Å². The highest BCUT2D eigenvalue weighted by Gasteiger charge is 1.98. The zero-order chi connectivity index (χ0) is 5.70. The second-order valence-corrected chi connectivity index (χ2v) is 1.44. The van der Waals surface area contributed by atoms with Gasteiger partial charge in [0.15, 0.2) is 12.5 Å². The third-order valence-electron chi connectivity index (χ3n) is 0.712. The molecule has 0 aromatic rings. The third kappa shape index (κ3) is 3.43. The van der Waals surface area contributed by atoms with Crippen molar-refractivity contribution in [3.63, 3.8) is 0 Å². The molecule has 1 nitrogen and oxygen atoms in total. The predicted octanol–water partition coefficient (Wildman–Crippen LogP) is 1.32. The summed E-state index contributed by atoms with van der Waals surface area (Å²) in [4.78, 5) is 9.52. The van der Waals surface area contributed by atoms with Gasteiger partial charge in [-0.05, 0) is 6.42 Å². The van der Waals surface area contributed by atoms with Crippen LogP contribution in [0.5, 0.6) is 0 Å². The van der Waals surface area contributed by atoms with Gasteiger partial charge in [-0.25, -0.2) is 4.39 Å². The van der Waals surface area contributed by atoms with Crippen molar-refractivity contribution in [1.82, 2.24) is 0 Å². The first-order valence-electron chi connectivity index (χ1n) is 2.40. The van der Waals surface area contributed by atoms with Gasteiger partial charge in [0.05, 0.1) is 0 Å². The van der Waals surface area contributed by atoms with Crippen LogP contribution in [0.15, 0.2) is 0 Å². The summed E-state index contributed by atoms with van der Waals surface area (Å²) >= 11 is 0. The molecule has 0 heterocycles. The molecule has 1 unspecified atom stereocenters. The molecule has 0 radical (unpaired) electrons. The Morgan fingerprint density at radius 2 is 2.43 bits per heavy atom. The molecule has 1 atom stereocenters. The molecule has 0 fully saturated rings. The maximum Gasteiger partial charge on any atom is 0.155 e. The van der Waals surface area contributed by atoms with E-state index in [-0.39, 0.29) is 0 Å². The summed E-state index contributed by atoms with van der Waals surface area (Å²) in [5.74, 6) is 0.